The van der Waals surface area contributed by atoms with E-state index in [1.54, 1.807) is 0 Å². The Morgan fingerprint density at radius 1 is 1.32 bits per heavy atom. The predicted octanol–water partition coefficient (Wildman–Crippen LogP) is 1.87. The third kappa shape index (κ3) is 3.98. The van der Waals surface area contributed by atoms with Gasteiger partial charge in [-0.1, -0.05) is 6.92 Å². The zero-order valence-corrected chi connectivity index (χ0v) is 16.0. The van der Waals surface area contributed by atoms with E-state index < -0.39 is 5.97 Å². The van der Waals surface area contributed by atoms with Gasteiger partial charge in [0.25, 0.3) is 0 Å². The van der Waals surface area contributed by atoms with E-state index in [1.807, 2.05) is 36.2 Å². The van der Waals surface area contributed by atoms with Gasteiger partial charge >= 0.3 is 5.97 Å². The number of hydrogen-bond donors (Lipinski definition) is 3. The molecule has 1 aliphatic heterocycles. The van der Waals surface area contributed by atoms with Crippen LogP contribution in [0.15, 0.2) is 24.4 Å². The number of likely N-dealkylation sites (N-methyl/N-ethyl adjacent to an activating group) is 1. The number of fused-ring (bicyclic) bond motifs is 1. The molecule has 2 aromatic rings. The van der Waals surface area contributed by atoms with Crippen LogP contribution >= 0.6 is 0 Å². The quantitative estimate of drug-likeness (QED) is 0.637. The summed E-state index contributed by atoms with van der Waals surface area (Å²) < 4.78 is 11.3. The van der Waals surface area contributed by atoms with Crippen molar-refractivity contribution in [3.63, 3.8) is 0 Å². The minimum absolute atomic E-state index is 0.115. The van der Waals surface area contributed by atoms with Crippen molar-refractivity contribution in [3.8, 4) is 22.8 Å². The summed E-state index contributed by atoms with van der Waals surface area (Å²) in [5.74, 6) is 0.773. The molecule has 1 aromatic carbocycles. The molecule has 8 heteroatoms. The standard InChI is InChI=1S/C20H26N4O4/c1-2-24(12-19(25)26)16-8-15(9-16)21-10-14-11-22-23-20(14)13-3-4-17-18(7-13)28-6-5-27-17/h3-4,7,11,15-16,21H,2,5-6,8-10,12H2,1H3,(H,22,23)(H,25,26). The van der Waals surface area contributed by atoms with E-state index in [4.69, 9.17) is 14.6 Å². The van der Waals surface area contributed by atoms with Crippen molar-refractivity contribution >= 4 is 5.97 Å². The van der Waals surface area contributed by atoms with Crippen LogP contribution in [0.25, 0.3) is 11.3 Å². The van der Waals surface area contributed by atoms with Gasteiger partial charge in [0.05, 0.1) is 18.4 Å². The van der Waals surface area contributed by atoms with Crippen LogP contribution in [0.1, 0.15) is 25.3 Å². The number of carboxylic acid groups (broad SMARTS) is 1. The molecule has 1 fully saturated rings. The Bertz CT molecular complexity index is 831. The summed E-state index contributed by atoms with van der Waals surface area (Å²) in [4.78, 5) is 13.0. The van der Waals surface area contributed by atoms with Gasteiger partial charge in [0.15, 0.2) is 11.5 Å². The minimum Gasteiger partial charge on any atom is -0.486 e. The van der Waals surface area contributed by atoms with Gasteiger partial charge in [-0.25, -0.2) is 0 Å². The number of carbonyl (C=O) groups is 1. The molecule has 1 saturated carbocycles. The van der Waals surface area contributed by atoms with Crippen molar-refractivity contribution in [1.29, 1.82) is 0 Å². The number of aromatic nitrogens is 2. The number of nitrogens with one attached hydrogen (secondary N) is 2. The van der Waals surface area contributed by atoms with Crippen LogP contribution in [-0.4, -0.2) is 64.6 Å². The molecule has 4 rings (SSSR count). The molecule has 28 heavy (non-hydrogen) atoms. The summed E-state index contributed by atoms with van der Waals surface area (Å²) in [6.07, 6.45) is 3.79. The molecule has 0 saturated heterocycles. The van der Waals surface area contributed by atoms with Crippen molar-refractivity contribution in [2.45, 2.75) is 38.4 Å². The molecule has 150 valence electrons. The fourth-order valence-electron chi connectivity index (χ4n) is 3.87. The molecule has 3 N–H and O–H groups in total. The maximum absolute atomic E-state index is 11.0. The van der Waals surface area contributed by atoms with E-state index in [1.165, 1.54) is 0 Å². The number of hydrogen-bond acceptors (Lipinski definition) is 6. The Kier molecular flexibility index (Phi) is 5.50. The average molecular weight is 386 g/mol. The van der Waals surface area contributed by atoms with Gasteiger partial charge in [0.1, 0.15) is 13.2 Å². The second kappa shape index (κ2) is 8.20. The summed E-state index contributed by atoms with van der Waals surface area (Å²) in [5, 5.41) is 19.9. The van der Waals surface area contributed by atoms with Gasteiger partial charge in [0.2, 0.25) is 0 Å². The molecule has 0 atom stereocenters. The summed E-state index contributed by atoms with van der Waals surface area (Å²) >= 11 is 0. The Morgan fingerprint density at radius 2 is 2.11 bits per heavy atom. The van der Waals surface area contributed by atoms with Crippen molar-refractivity contribution in [3.05, 3.63) is 30.0 Å². The average Bonchev–Trinajstić information content (AvgIpc) is 3.13. The highest BCUT2D eigenvalue weighted by atomic mass is 16.6. The van der Waals surface area contributed by atoms with Crippen molar-refractivity contribution < 1.29 is 19.4 Å². The number of H-pyrrole nitrogens is 1. The highest BCUT2D eigenvalue weighted by molar-refractivity contribution is 5.69. The Hall–Kier alpha value is -2.58. The van der Waals surface area contributed by atoms with E-state index >= 15 is 0 Å². The Morgan fingerprint density at radius 3 is 2.86 bits per heavy atom. The molecule has 0 radical (unpaired) electrons. The zero-order valence-electron chi connectivity index (χ0n) is 16.0. The van der Waals surface area contributed by atoms with Crippen LogP contribution in [-0.2, 0) is 11.3 Å². The first-order valence-corrected chi connectivity index (χ1v) is 9.75. The lowest BCUT2D eigenvalue weighted by molar-refractivity contribution is -0.139. The molecular formula is C20H26N4O4. The first-order chi connectivity index (χ1) is 13.6. The van der Waals surface area contributed by atoms with Crippen molar-refractivity contribution in [2.75, 3.05) is 26.3 Å². The fourth-order valence-corrected chi connectivity index (χ4v) is 3.87. The highest BCUT2D eigenvalue weighted by Crippen LogP contribution is 2.35. The second-order valence-corrected chi connectivity index (χ2v) is 7.29. The Labute approximate surface area is 163 Å². The maximum Gasteiger partial charge on any atom is 0.317 e. The number of rotatable bonds is 8. The van der Waals surface area contributed by atoms with Gasteiger partial charge in [-0.2, -0.15) is 5.10 Å². The monoisotopic (exact) mass is 386 g/mol. The van der Waals surface area contributed by atoms with Gasteiger partial charge in [-0.3, -0.25) is 14.8 Å². The van der Waals surface area contributed by atoms with Crippen LogP contribution < -0.4 is 14.8 Å². The zero-order chi connectivity index (χ0) is 19.5. The first-order valence-electron chi connectivity index (χ1n) is 9.75. The van der Waals surface area contributed by atoms with Gasteiger partial charge in [0, 0.05) is 29.8 Å². The van der Waals surface area contributed by atoms with Crippen LogP contribution in [0.2, 0.25) is 0 Å². The topological polar surface area (TPSA) is 99.7 Å². The van der Waals surface area contributed by atoms with E-state index in [0.29, 0.717) is 31.8 Å². The SMILES string of the molecule is CCN(CC(=O)O)C1CC(NCc2cn[nH]c2-c2ccc3c(c2)OCCO3)C1. The third-order valence-corrected chi connectivity index (χ3v) is 5.50. The predicted molar refractivity (Wildman–Crippen MR) is 104 cm³/mol. The number of ether oxygens (including phenoxy) is 2. The van der Waals surface area contributed by atoms with Crippen LogP contribution in [0.3, 0.4) is 0 Å². The molecule has 1 aromatic heterocycles. The lowest BCUT2D eigenvalue weighted by atomic mass is 9.85. The number of carboxylic acids is 1. The molecule has 2 heterocycles. The van der Waals surface area contributed by atoms with Gasteiger partial charge in [-0.15, -0.1) is 0 Å². The lowest BCUT2D eigenvalue weighted by Crippen LogP contribution is -2.53. The molecule has 0 spiro atoms. The molecule has 2 aliphatic rings. The number of nitrogens with zero attached hydrogens (tertiary/aromatic N) is 2. The van der Waals surface area contributed by atoms with E-state index in [-0.39, 0.29) is 6.54 Å². The minimum atomic E-state index is -0.763. The largest absolute Gasteiger partial charge is 0.486 e. The smallest absolute Gasteiger partial charge is 0.317 e. The number of aromatic amines is 1. The summed E-state index contributed by atoms with van der Waals surface area (Å²) in [5.41, 5.74) is 3.09. The van der Waals surface area contributed by atoms with E-state index in [0.717, 1.165) is 47.7 Å². The first kappa shape index (κ1) is 18.8. The van der Waals surface area contributed by atoms with Gasteiger partial charge < -0.3 is 19.9 Å². The molecule has 8 nitrogen and oxygen atoms in total. The fraction of sp³-hybridized carbons (Fsp3) is 0.500. The number of benzene rings is 1. The highest BCUT2D eigenvalue weighted by Gasteiger charge is 2.33. The summed E-state index contributed by atoms with van der Waals surface area (Å²) in [7, 11) is 0. The molecule has 0 amide bonds. The third-order valence-electron chi connectivity index (χ3n) is 5.50. The molecule has 1 aliphatic carbocycles. The summed E-state index contributed by atoms with van der Waals surface area (Å²) in [6.45, 7) is 4.74. The van der Waals surface area contributed by atoms with Crippen LogP contribution in [0, 0.1) is 0 Å². The lowest BCUT2D eigenvalue weighted by Gasteiger charge is -2.42. The molecule has 0 bridgehead atoms. The van der Waals surface area contributed by atoms with Crippen LogP contribution in [0.5, 0.6) is 11.5 Å². The van der Waals surface area contributed by atoms with E-state index in [2.05, 4.69) is 15.5 Å². The van der Waals surface area contributed by atoms with Gasteiger partial charge in [-0.05, 0) is 37.6 Å². The summed E-state index contributed by atoms with van der Waals surface area (Å²) in [6, 6.07) is 6.67. The normalized spacial score (nSPS) is 20.8. The Balaban J connectivity index is 1.34. The van der Waals surface area contributed by atoms with E-state index in [9.17, 15) is 4.79 Å². The second-order valence-electron chi connectivity index (χ2n) is 7.29. The van der Waals surface area contributed by atoms with Crippen molar-refractivity contribution in [2.24, 2.45) is 0 Å². The van der Waals surface area contributed by atoms with Crippen molar-refractivity contribution in [1.82, 2.24) is 20.4 Å². The van der Waals surface area contributed by atoms with Crippen LogP contribution in [0.4, 0.5) is 0 Å². The molecule has 0 unspecified atom stereocenters. The maximum atomic E-state index is 11.0. The molecular weight excluding hydrogens is 360 g/mol. The number of aliphatic carboxylic acids is 1.